The van der Waals surface area contributed by atoms with Crippen molar-refractivity contribution in [2.24, 2.45) is 5.73 Å². The first-order valence-electron chi connectivity index (χ1n) is 3.88. The van der Waals surface area contributed by atoms with Crippen molar-refractivity contribution >= 4 is 0 Å². The van der Waals surface area contributed by atoms with Crippen LogP contribution in [0.2, 0.25) is 0 Å². The summed E-state index contributed by atoms with van der Waals surface area (Å²) in [5.41, 5.74) is 5.75. The molecule has 11 heavy (non-hydrogen) atoms. The number of nitrogens with two attached hydrogens (primary N) is 1. The van der Waals surface area contributed by atoms with Crippen molar-refractivity contribution in [3.8, 4) is 0 Å². The van der Waals surface area contributed by atoms with Gasteiger partial charge in [-0.2, -0.15) is 0 Å². The normalized spacial score (nSPS) is 16.4. The highest BCUT2D eigenvalue weighted by atomic mass is 15.1. The van der Waals surface area contributed by atoms with Gasteiger partial charge in [-0.3, -0.25) is 0 Å². The van der Waals surface area contributed by atoms with Gasteiger partial charge in [0.2, 0.25) is 0 Å². The van der Waals surface area contributed by atoms with Crippen molar-refractivity contribution in [3.05, 3.63) is 18.2 Å². The lowest BCUT2D eigenvalue weighted by atomic mass is 10.2. The summed E-state index contributed by atoms with van der Waals surface area (Å²) in [6, 6.07) is 0.500. The average molecular weight is 153 g/mol. The second-order valence-corrected chi connectivity index (χ2v) is 2.98. The van der Waals surface area contributed by atoms with Crippen LogP contribution in [-0.2, 0) is 0 Å². The van der Waals surface area contributed by atoms with Crippen LogP contribution in [0.1, 0.15) is 25.7 Å². The highest BCUT2D eigenvalue weighted by molar-refractivity contribution is 4.92. The molecule has 3 heteroatoms. The zero-order chi connectivity index (χ0) is 8.43. The lowest BCUT2D eigenvalue weighted by Gasteiger charge is -2.18. The van der Waals surface area contributed by atoms with E-state index < -0.39 is 0 Å². The lowest BCUT2D eigenvalue weighted by molar-refractivity contribution is 0.456. The first kappa shape index (κ1) is 8.27. The Kier molecular flexibility index (Phi) is 2.29. The van der Waals surface area contributed by atoms with Crippen molar-refractivity contribution < 1.29 is 0 Å². The van der Waals surface area contributed by atoms with E-state index in [1.807, 2.05) is 20.0 Å². The Labute approximate surface area is 67.2 Å². The van der Waals surface area contributed by atoms with Crippen molar-refractivity contribution in [1.29, 1.82) is 0 Å². The Balaban J connectivity index is 2.84. The average Bonchev–Trinajstić information content (AvgIpc) is 2.33. The molecule has 0 fully saturated rings. The van der Waals surface area contributed by atoms with E-state index in [4.69, 9.17) is 5.73 Å². The molecule has 0 bridgehead atoms. The smallest absolute Gasteiger partial charge is 0.105 e. The third-order valence-corrected chi connectivity index (χ3v) is 2.06. The first-order chi connectivity index (χ1) is 5.13. The Morgan fingerprint density at radius 3 is 2.55 bits per heavy atom. The van der Waals surface area contributed by atoms with Crippen molar-refractivity contribution in [3.63, 3.8) is 0 Å². The van der Waals surface area contributed by atoms with Crippen LogP contribution < -0.4 is 5.73 Å². The van der Waals surface area contributed by atoms with E-state index in [-0.39, 0.29) is 6.04 Å². The molecule has 1 heterocycles. The number of aromatic nitrogens is 2. The minimum atomic E-state index is 0.169. The molecule has 0 spiro atoms. The van der Waals surface area contributed by atoms with Gasteiger partial charge in [0.15, 0.2) is 0 Å². The molecular formula is C8H15N3. The molecule has 0 aliphatic carbocycles. The summed E-state index contributed by atoms with van der Waals surface area (Å²) >= 11 is 0. The molecule has 2 unspecified atom stereocenters. The highest BCUT2D eigenvalue weighted by Crippen LogP contribution is 2.10. The van der Waals surface area contributed by atoms with Gasteiger partial charge in [-0.1, -0.05) is 0 Å². The van der Waals surface area contributed by atoms with Crippen LogP contribution in [0.4, 0.5) is 0 Å². The molecule has 1 aromatic rings. The predicted molar refractivity (Wildman–Crippen MR) is 45.3 cm³/mol. The number of imidazole rings is 1. The summed E-state index contributed by atoms with van der Waals surface area (Å²) in [5, 5.41) is 0. The topological polar surface area (TPSA) is 43.8 Å². The minimum absolute atomic E-state index is 0.169. The third kappa shape index (κ3) is 1.60. The molecule has 0 saturated heterocycles. The van der Waals surface area contributed by atoms with E-state index in [0.29, 0.717) is 6.04 Å². The maximum absolute atomic E-state index is 5.75. The van der Waals surface area contributed by atoms with E-state index >= 15 is 0 Å². The molecule has 0 aliphatic heterocycles. The van der Waals surface area contributed by atoms with Gasteiger partial charge in [-0.05, 0) is 20.8 Å². The zero-order valence-electron chi connectivity index (χ0n) is 7.28. The summed E-state index contributed by atoms with van der Waals surface area (Å²) in [7, 11) is 0. The largest absolute Gasteiger partial charge is 0.331 e. The SMILES string of the molecule is Cc1nccn1C(C)C(C)N. The maximum atomic E-state index is 5.75. The molecule has 0 aromatic carbocycles. The van der Waals surface area contributed by atoms with Gasteiger partial charge in [0, 0.05) is 24.5 Å². The van der Waals surface area contributed by atoms with Gasteiger partial charge in [0.25, 0.3) is 0 Å². The molecule has 62 valence electrons. The van der Waals surface area contributed by atoms with Crippen LogP contribution in [0.3, 0.4) is 0 Å². The van der Waals surface area contributed by atoms with Crippen molar-refractivity contribution in [2.45, 2.75) is 32.9 Å². The van der Waals surface area contributed by atoms with E-state index in [1.54, 1.807) is 6.20 Å². The number of hydrogen-bond donors (Lipinski definition) is 1. The van der Waals surface area contributed by atoms with Gasteiger partial charge in [0.05, 0.1) is 0 Å². The molecular weight excluding hydrogens is 138 g/mol. The summed E-state index contributed by atoms with van der Waals surface area (Å²) in [4.78, 5) is 4.13. The molecule has 0 radical (unpaired) electrons. The second-order valence-electron chi connectivity index (χ2n) is 2.98. The van der Waals surface area contributed by atoms with E-state index in [0.717, 1.165) is 5.82 Å². The summed E-state index contributed by atoms with van der Waals surface area (Å²) in [5.74, 6) is 1.02. The van der Waals surface area contributed by atoms with Crippen molar-refractivity contribution in [1.82, 2.24) is 9.55 Å². The maximum Gasteiger partial charge on any atom is 0.105 e. The minimum Gasteiger partial charge on any atom is -0.331 e. The fourth-order valence-electron chi connectivity index (χ4n) is 1.07. The Morgan fingerprint density at radius 1 is 1.55 bits per heavy atom. The summed E-state index contributed by atoms with van der Waals surface area (Å²) < 4.78 is 2.09. The Morgan fingerprint density at radius 2 is 2.18 bits per heavy atom. The second kappa shape index (κ2) is 3.05. The number of aryl methyl sites for hydroxylation is 1. The monoisotopic (exact) mass is 153 g/mol. The fraction of sp³-hybridized carbons (Fsp3) is 0.625. The third-order valence-electron chi connectivity index (χ3n) is 2.06. The molecule has 1 rings (SSSR count). The number of hydrogen-bond acceptors (Lipinski definition) is 2. The summed E-state index contributed by atoms with van der Waals surface area (Å²) in [6.45, 7) is 6.09. The number of nitrogens with zero attached hydrogens (tertiary/aromatic N) is 2. The highest BCUT2D eigenvalue weighted by Gasteiger charge is 2.10. The van der Waals surface area contributed by atoms with E-state index in [9.17, 15) is 0 Å². The molecule has 3 nitrogen and oxygen atoms in total. The van der Waals surface area contributed by atoms with Crippen LogP contribution in [0, 0.1) is 6.92 Å². The van der Waals surface area contributed by atoms with Crippen LogP contribution in [0.25, 0.3) is 0 Å². The lowest BCUT2D eigenvalue weighted by Crippen LogP contribution is -2.27. The van der Waals surface area contributed by atoms with Crippen LogP contribution >= 0.6 is 0 Å². The fourth-order valence-corrected chi connectivity index (χ4v) is 1.07. The number of rotatable bonds is 2. The van der Waals surface area contributed by atoms with Gasteiger partial charge >= 0.3 is 0 Å². The first-order valence-corrected chi connectivity index (χ1v) is 3.88. The van der Waals surface area contributed by atoms with Gasteiger partial charge < -0.3 is 10.3 Å². The quantitative estimate of drug-likeness (QED) is 0.691. The van der Waals surface area contributed by atoms with Gasteiger partial charge in [-0.25, -0.2) is 4.98 Å². The van der Waals surface area contributed by atoms with E-state index in [2.05, 4.69) is 16.5 Å². The molecule has 2 atom stereocenters. The zero-order valence-corrected chi connectivity index (χ0v) is 7.28. The van der Waals surface area contributed by atoms with Crippen LogP contribution in [-0.4, -0.2) is 15.6 Å². The molecule has 0 saturated carbocycles. The standard InChI is InChI=1S/C8H15N3/c1-6(9)7(2)11-5-4-10-8(11)3/h4-7H,9H2,1-3H3. The molecule has 0 aliphatic rings. The molecule has 1 aromatic heterocycles. The Bertz CT molecular complexity index is 227. The molecule has 2 N–H and O–H groups in total. The molecule has 0 amide bonds. The van der Waals surface area contributed by atoms with E-state index in [1.165, 1.54) is 0 Å². The summed E-state index contributed by atoms with van der Waals surface area (Å²) in [6.07, 6.45) is 3.76. The Hall–Kier alpha value is -0.830. The van der Waals surface area contributed by atoms with Gasteiger partial charge in [-0.15, -0.1) is 0 Å². The predicted octanol–water partition coefficient (Wildman–Crippen LogP) is 1.10. The van der Waals surface area contributed by atoms with Crippen LogP contribution in [0.15, 0.2) is 12.4 Å². The van der Waals surface area contributed by atoms with Crippen LogP contribution in [0.5, 0.6) is 0 Å². The van der Waals surface area contributed by atoms with Crippen molar-refractivity contribution in [2.75, 3.05) is 0 Å². The van der Waals surface area contributed by atoms with Gasteiger partial charge in [0.1, 0.15) is 5.82 Å².